The van der Waals surface area contributed by atoms with Gasteiger partial charge in [0.2, 0.25) is 5.43 Å². The first-order valence-electron chi connectivity index (χ1n) is 9.51. The number of nitrogens with one attached hydrogen (secondary N) is 1. The summed E-state index contributed by atoms with van der Waals surface area (Å²) < 4.78 is 16.5. The zero-order chi connectivity index (χ0) is 18.7. The topological polar surface area (TPSA) is 87.5 Å². The molecule has 0 radical (unpaired) electrons. The number of carboxylic acid groups (broad SMARTS) is 1. The molecule has 3 heterocycles. The molecule has 2 aromatic rings. The summed E-state index contributed by atoms with van der Waals surface area (Å²) in [5, 5.41) is 12.9. The van der Waals surface area contributed by atoms with Crippen molar-refractivity contribution in [3.05, 3.63) is 33.9 Å². The van der Waals surface area contributed by atoms with Gasteiger partial charge in [-0.15, -0.1) is 0 Å². The first kappa shape index (κ1) is 16.7. The Balaban J connectivity index is 1.57. The predicted molar refractivity (Wildman–Crippen MR) is 98.0 cm³/mol. The van der Waals surface area contributed by atoms with Crippen molar-refractivity contribution in [2.75, 3.05) is 18.0 Å². The fourth-order valence-corrected chi connectivity index (χ4v) is 3.91. The number of carbonyl (C=O) groups is 1. The summed E-state index contributed by atoms with van der Waals surface area (Å²) >= 11 is 0. The molecule has 2 N–H and O–H groups in total. The zero-order valence-electron chi connectivity index (χ0n) is 14.8. The number of anilines is 1. The Bertz CT molecular complexity index is 997. The van der Waals surface area contributed by atoms with E-state index in [4.69, 9.17) is 0 Å². The Morgan fingerprint density at radius 1 is 1.22 bits per heavy atom. The standard InChI is InChI=1S/C19H21FN4O3/c20-15-7-13-16(25)14(19(26)27)9-24(12-3-4-12)17(13)22-18(15)23-6-5-11(8-23)21-10-1-2-10/h7,9-12,21H,1-6,8H2,(H,26,27). The molecule has 3 aliphatic rings. The molecule has 5 rings (SSSR count). The number of hydrogen-bond acceptors (Lipinski definition) is 5. The fourth-order valence-electron chi connectivity index (χ4n) is 3.91. The lowest BCUT2D eigenvalue weighted by Crippen LogP contribution is -2.34. The third-order valence-corrected chi connectivity index (χ3v) is 5.65. The second-order valence-corrected chi connectivity index (χ2v) is 7.85. The number of hydrogen-bond donors (Lipinski definition) is 2. The van der Waals surface area contributed by atoms with Crippen LogP contribution >= 0.6 is 0 Å². The summed E-state index contributed by atoms with van der Waals surface area (Å²) in [7, 11) is 0. The van der Waals surface area contributed by atoms with Crippen LogP contribution in [0.15, 0.2) is 17.1 Å². The maximum Gasteiger partial charge on any atom is 0.341 e. The monoisotopic (exact) mass is 372 g/mol. The van der Waals surface area contributed by atoms with E-state index in [1.54, 1.807) is 4.57 Å². The van der Waals surface area contributed by atoms with Crippen molar-refractivity contribution in [2.24, 2.45) is 0 Å². The maximum absolute atomic E-state index is 14.8. The zero-order valence-corrected chi connectivity index (χ0v) is 14.8. The third kappa shape index (κ3) is 2.97. The molecule has 7 nitrogen and oxygen atoms in total. The summed E-state index contributed by atoms with van der Waals surface area (Å²) in [6, 6.07) is 2.21. The summed E-state index contributed by atoms with van der Waals surface area (Å²) in [4.78, 5) is 30.3. The van der Waals surface area contributed by atoms with Crippen LogP contribution in [0.5, 0.6) is 0 Å². The van der Waals surface area contributed by atoms with Crippen molar-refractivity contribution in [2.45, 2.75) is 50.2 Å². The molecule has 2 saturated carbocycles. The quantitative estimate of drug-likeness (QED) is 0.834. The minimum absolute atomic E-state index is 0.0369. The smallest absolute Gasteiger partial charge is 0.341 e. The molecule has 3 fully saturated rings. The lowest BCUT2D eigenvalue weighted by Gasteiger charge is -2.20. The summed E-state index contributed by atoms with van der Waals surface area (Å²) in [5.41, 5.74) is -0.636. The molecule has 2 aliphatic carbocycles. The van der Waals surface area contributed by atoms with Crippen molar-refractivity contribution in [3.63, 3.8) is 0 Å². The van der Waals surface area contributed by atoms with E-state index in [0.717, 1.165) is 25.3 Å². The van der Waals surface area contributed by atoms with Crippen LogP contribution in [-0.2, 0) is 0 Å². The van der Waals surface area contributed by atoms with Gasteiger partial charge in [0.05, 0.1) is 5.39 Å². The van der Waals surface area contributed by atoms with Crippen LogP contribution in [0.3, 0.4) is 0 Å². The molecular weight excluding hydrogens is 351 g/mol. The molecule has 2 aromatic heterocycles. The second-order valence-electron chi connectivity index (χ2n) is 7.85. The van der Waals surface area contributed by atoms with Gasteiger partial charge in [-0.25, -0.2) is 14.2 Å². The first-order valence-corrected chi connectivity index (χ1v) is 9.51. The van der Waals surface area contributed by atoms with Crippen molar-refractivity contribution in [1.82, 2.24) is 14.9 Å². The van der Waals surface area contributed by atoms with E-state index in [1.165, 1.54) is 19.0 Å². The van der Waals surface area contributed by atoms with Crippen LogP contribution < -0.4 is 15.6 Å². The van der Waals surface area contributed by atoms with Gasteiger partial charge in [0.1, 0.15) is 11.2 Å². The average molecular weight is 372 g/mol. The molecule has 8 heteroatoms. The van der Waals surface area contributed by atoms with Gasteiger partial charge in [0, 0.05) is 37.4 Å². The SMILES string of the molecule is O=C(O)c1cn(C2CC2)c2nc(N3CCC(NC4CC4)C3)c(F)cc2c1=O. The van der Waals surface area contributed by atoms with Gasteiger partial charge in [0.25, 0.3) is 0 Å². The normalized spacial score (nSPS) is 22.6. The van der Waals surface area contributed by atoms with E-state index in [-0.39, 0.29) is 22.8 Å². The highest BCUT2D eigenvalue weighted by Gasteiger charge is 2.32. The number of aromatic nitrogens is 2. The van der Waals surface area contributed by atoms with E-state index in [2.05, 4.69) is 10.3 Å². The lowest BCUT2D eigenvalue weighted by molar-refractivity contribution is 0.0695. The molecule has 1 atom stereocenters. The van der Waals surface area contributed by atoms with E-state index < -0.39 is 17.2 Å². The molecule has 0 spiro atoms. The molecule has 0 bridgehead atoms. The lowest BCUT2D eigenvalue weighted by atomic mass is 10.2. The number of nitrogens with zero attached hydrogens (tertiary/aromatic N) is 3. The number of fused-ring (bicyclic) bond motifs is 1. The Kier molecular flexibility index (Phi) is 3.72. The van der Waals surface area contributed by atoms with Crippen LogP contribution in [0.1, 0.15) is 48.5 Å². The van der Waals surface area contributed by atoms with Crippen LogP contribution in [-0.4, -0.2) is 45.8 Å². The Morgan fingerprint density at radius 2 is 2.00 bits per heavy atom. The molecule has 0 amide bonds. The molecule has 1 aliphatic heterocycles. The van der Waals surface area contributed by atoms with Crippen molar-refractivity contribution < 1.29 is 14.3 Å². The molecule has 0 aromatic carbocycles. The Morgan fingerprint density at radius 3 is 2.67 bits per heavy atom. The first-order chi connectivity index (χ1) is 13.0. The van der Waals surface area contributed by atoms with Gasteiger partial charge in [-0.3, -0.25) is 4.79 Å². The largest absolute Gasteiger partial charge is 0.477 e. The number of carboxylic acids is 1. The minimum atomic E-state index is -1.30. The van der Waals surface area contributed by atoms with Crippen LogP contribution in [0.25, 0.3) is 11.0 Å². The summed E-state index contributed by atoms with van der Waals surface area (Å²) in [6.45, 7) is 1.40. The van der Waals surface area contributed by atoms with Crippen molar-refractivity contribution in [1.29, 1.82) is 0 Å². The van der Waals surface area contributed by atoms with Gasteiger partial charge >= 0.3 is 5.97 Å². The van der Waals surface area contributed by atoms with Gasteiger partial charge < -0.3 is 19.9 Å². The van der Waals surface area contributed by atoms with Gasteiger partial charge in [-0.2, -0.15) is 0 Å². The summed E-state index contributed by atoms with van der Waals surface area (Å²) in [6.07, 6.45) is 6.52. The minimum Gasteiger partial charge on any atom is -0.477 e. The van der Waals surface area contributed by atoms with Crippen LogP contribution in [0.2, 0.25) is 0 Å². The van der Waals surface area contributed by atoms with E-state index in [1.807, 2.05) is 4.90 Å². The van der Waals surface area contributed by atoms with Gasteiger partial charge in [-0.05, 0) is 38.2 Å². The number of halogens is 1. The average Bonchev–Trinajstić information content (AvgIpc) is 3.55. The molecule has 1 saturated heterocycles. The van der Waals surface area contributed by atoms with Crippen LogP contribution in [0, 0.1) is 5.82 Å². The van der Waals surface area contributed by atoms with Crippen molar-refractivity contribution in [3.8, 4) is 0 Å². The molecule has 1 unspecified atom stereocenters. The van der Waals surface area contributed by atoms with E-state index in [0.29, 0.717) is 30.8 Å². The molecule has 142 valence electrons. The third-order valence-electron chi connectivity index (χ3n) is 5.65. The predicted octanol–water partition coefficient (Wildman–Crippen LogP) is 1.90. The van der Waals surface area contributed by atoms with Crippen molar-refractivity contribution >= 4 is 22.8 Å². The second kappa shape index (κ2) is 6.02. The highest BCUT2D eigenvalue weighted by molar-refractivity contribution is 5.92. The van der Waals surface area contributed by atoms with Crippen LogP contribution in [0.4, 0.5) is 10.2 Å². The number of aromatic carboxylic acids is 1. The highest BCUT2D eigenvalue weighted by Crippen LogP contribution is 2.37. The van der Waals surface area contributed by atoms with E-state index in [9.17, 15) is 19.1 Å². The molecule has 27 heavy (non-hydrogen) atoms. The molecular formula is C19H21FN4O3. The number of pyridine rings is 2. The number of rotatable bonds is 5. The van der Waals surface area contributed by atoms with Gasteiger partial charge in [-0.1, -0.05) is 0 Å². The Labute approximate surface area is 154 Å². The maximum atomic E-state index is 14.8. The van der Waals surface area contributed by atoms with Gasteiger partial charge in [0.15, 0.2) is 11.6 Å². The van der Waals surface area contributed by atoms with E-state index >= 15 is 0 Å². The highest BCUT2D eigenvalue weighted by atomic mass is 19.1. The Hall–Kier alpha value is -2.48. The fraction of sp³-hybridized carbons (Fsp3) is 0.526. The summed E-state index contributed by atoms with van der Waals surface area (Å²) in [5.74, 6) is -1.62.